The van der Waals surface area contributed by atoms with Gasteiger partial charge < -0.3 is 10.1 Å². The summed E-state index contributed by atoms with van der Waals surface area (Å²) in [4.78, 5) is 21.0. The molecule has 2 rings (SSSR count). The van der Waals surface area contributed by atoms with Gasteiger partial charge in [-0.1, -0.05) is 6.92 Å². The van der Waals surface area contributed by atoms with Crippen LogP contribution in [0.4, 0.5) is 5.82 Å². The molecule has 0 amide bonds. The first-order valence-corrected chi connectivity index (χ1v) is 7.70. The minimum atomic E-state index is -0.364. The summed E-state index contributed by atoms with van der Waals surface area (Å²) >= 11 is 7.28. The molecular formula is C13H16ClN3O2S. The van der Waals surface area contributed by atoms with Crippen LogP contribution in [0, 0.1) is 0 Å². The lowest BCUT2D eigenvalue weighted by Gasteiger charge is -2.13. The third-order valence-electron chi connectivity index (χ3n) is 2.90. The highest BCUT2D eigenvalue weighted by molar-refractivity contribution is 7.17. The van der Waals surface area contributed by atoms with E-state index in [2.05, 4.69) is 22.2 Å². The predicted molar refractivity (Wildman–Crippen MR) is 81.8 cm³/mol. The number of esters is 1. The van der Waals surface area contributed by atoms with E-state index < -0.39 is 0 Å². The van der Waals surface area contributed by atoms with E-state index in [0.717, 1.165) is 6.42 Å². The fourth-order valence-corrected chi connectivity index (χ4v) is 2.84. The Balaban J connectivity index is 2.53. The van der Waals surface area contributed by atoms with Gasteiger partial charge >= 0.3 is 5.97 Å². The third-order valence-corrected chi connectivity index (χ3v) is 3.94. The van der Waals surface area contributed by atoms with E-state index in [1.165, 1.54) is 11.3 Å². The van der Waals surface area contributed by atoms with Crippen LogP contribution in [-0.4, -0.2) is 28.6 Å². The fraction of sp³-hybridized carbons (Fsp3) is 0.462. The van der Waals surface area contributed by atoms with Crippen molar-refractivity contribution in [3.63, 3.8) is 0 Å². The molecular weight excluding hydrogens is 298 g/mol. The molecule has 0 aliphatic carbocycles. The third kappa shape index (κ3) is 3.02. The average Bonchev–Trinajstić information content (AvgIpc) is 2.82. The van der Waals surface area contributed by atoms with Gasteiger partial charge in [0.15, 0.2) is 0 Å². The first-order valence-electron chi connectivity index (χ1n) is 6.45. The largest absolute Gasteiger partial charge is 0.462 e. The number of halogens is 1. The maximum atomic E-state index is 12.0. The molecule has 0 saturated carbocycles. The van der Waals surface area contributed by atoms with Crippen molar-refractivity contribution in [2.24, 2.45) is 0 Å². The van der Waals surface area contributed by atoms with E-state index in [-0.39, 0.29) is 17.3 Å². The maximum Gasteiger partial charge on any atom is 0.339 e. The summed E-state index contributed by atoms with van der Waals surface area (Å²) in [5.41, 5.74) is 0.481. The van der Waals surface area contributed by atoms with Gasteiger partial charge in [-0.2, -0.15) is 0 Å². The number of carbonyl (C=O) groups excluding carboxylic acids is 1. The topological polar surface area (TPSA) is 64.1 Å². The van der Waals surface area contributed by atoms with E-state index in [1.807, 2.05) is 6.92 Å². The van der Waals surface area contributed by atoms with Crippen molar-refractivity contribution in [3.05, 3.63) is 16.2 Å². The van der Waals surface area contributed by atoms with Crippen LogP contribution in [0.5, 0.6) is 0 Å². The van der Waals surface area contributed by atoms with Gasteiger partial charge in [0.05, 0.1) is 17.6 Å². The lowest BCUT2D eigenvalue weighted by molar-refractivity contribution is 0.0529. The molecule has 0 bridgehead atoms. The number of rotatable bonds is 5. The molecule has 0 aliphatic heterocycles. The Labute approximate surface area is 126 Å². The van der Waals surface area contributed by atoms with Crippen molar-refractivity contribution in [1.82, 2.24) is 9.97 Å². The number of anilines is 1. The van der Waals surface area contributed by atoms with Gasteiger partial charge in [0.2, 0.25) is 5.28 Å². The Bertz CT molecular complexity index is 629. The van der Waals surface area contributed by atoms with Gasteiger partial charge in [0.25, 0.3) is 0 Å². The van der Waals surface area contributed by atoms with Gasteiger partial charge in [-0.25, -0.2) is 14.8 Å². The molecule has 2 heterocycles. The zero-order valence-corrected chi connectivity index (χ0v) is 13.1. The molecule has 2 aromatic heterocycles. The van der Waals surface area contributed by atoms with Crippen LogP contribution < -0.4 is 5.32 Å². The lowest BCUT2D eigenvalue weighted by atomic mass is 10.2. The Morgan fingerprint density at radius 1 is 1.50 bits per heavy atom. The molecule has 0 saturated heterocycles. The second-order valence-corrected chi connectivity index (χ2v) is 5.54. The van der Waals surface area contributed by atoms with Crippen molar-refractivity contribution in [2.45, 2.75) is 33.2 Å². The maximum absolute atomic E-state index is 12.0. The lowest BCUT2D eigenvalue weighted by Crippen LogP contribution is -2.15. The molecule has 0 aromatic carbocycles. The summed E-state index contributed by atoms with van der Waals surface area (Å²) < 4.78 is 5.06. The summed E-state index contributed by atoms with van der Waals surface area (Å²) in [5.74, 6) is 0.218. The molecule has 0 fully saturated rings. The second kappa shape index (κ2) is 6.37. The number of hydrogen-bond acceptors (Lipinski definition) is 6. The minimum Gasteiger partial charge on any atom is -0.462 e. The van der Waals surface area contributed by atoms with Crippen molar-refractivity contribution in [1.29, 1.82) is 0 Å². The standard InChI is InChI=1S/C13H16ClN3O2S/c1-4-7(3)15-10-9-8(12(18)19-5-2)6-20-11(9)17-13(14)16-10/h6-7H,4-5H2,1-3H3,(H,15,16,17). The monoisotopic (exact) mass is 313 g/mol. The minimum absolute atomic E-state index is 0.167. The Morgan fingerprint density at radius 3 is 2.90 bits per heavy atom. The molecule has 0 spiro atoms. The zero-order valence-electron chi connectivity index (χ0n) is 11.6. The molecule has 1 unspecified atom stereocenters. The molecule has 20 heavy (non-hydrogen) atoms. The van der Waals surface area contributed by atoms with Gasteiger partial charge in [-0.15, -0.1) is 11.3 Å². The van der Waals surface area contributed by atoms with E-state index in [9.17, 15) is 4.79 Å². The van der Waals surface area contributed by atoms with Crippen molar-refractivity contribution in [2.75, 3.05) is 11.9 Å². The first-order chi connectivity index (χ1) is 9.56. The molecule has 7 heteroatoms. The molecule has 2 aromatic rings. The number of nitrogens with zero attached hydrogens (tertiary/aromatic N) is 2. The van der Waals surface area contributed by atoms with Crippen LogP contribution in [0.25, 0.3) is 10.2 Å². The fourth-order valence-electron chi connectivity index (χ4n) is 1.71. The van der Waals surface area contributed by atoms with Crippen molar-refractivity contribution >= 4 is 44.9 Å². The highest BCUT2D eigenvalue weighted by Crippen LogP contribution is 2.32. The number of fused-ring (bicyclic) bond motifs is 1. The first kappa shape index (κ1) is 15.0. The number of hydrogen-bond donors (Lipinski definition) is 1. The summed E-state index contributed by atoms with van der Waals surface area (Å²) in [6.45, 7) is 6.21. The summed E-state index contributed by atoms with van der Waals surface area (Å²) in [5, 5.41) is 5.84. The predicted octanol–water partition coefficient (Wildman–Crippen LogP) is 3.73. The normalized spacial score (nSPS) is 12.4. The molecule has 5 nitrogen and oxygen atoms in total. The van der Waals surface area contributed by atoms with Gasteiger partial charge in [0, 0.05) is 11.4 Å². The smallest absolute Gasteiger partial charge is 0.339 e. The number of carbonyl (C=O) groups is 1. The summed E-state index contributed by atoms with van der Waals surface area (Å²) in [6.07, 6.45) is 0.933. The summed E-state index contributed by atoms with van der Waals surface area (Å²) in [6, 6.07) is 0.221. The number of thiophene rings is 1. The van der Waals surface area contributed by atoms with Crippen LogP contribution in [0.1, 0.15) is 37.6 Å². The van der Waals surface area contributed by atoms with Crippen LogP contribution in [0.2, 0.25) is 5.28 Å². The molecule has 1 N–H and O–H groups in total. The Kier molecular flexibility index (Phi) is 4.77. The van der Waals surface area contributed by atoms with Crippen LogP contribution >= 0.6 is 22.9 Å². The number of aromatic nitrogens is 2. The van der Waals surface area contributed by atoms with Crippen molar-refractivity contribution in [3.8, 4) is 0 Å². The highest BCUT2D eigenvalue weighted by atomic mass is 35.5. The number of nitrogens with one attached hydrogen (secondary N) is 1. The quantitative estimate of drug-likeness (QED) is 0.673. The molecule has 1 atom stereocenters. The molecule has 0 aliphatic rings. The average molecular weight is 314 g/mol. The van der Waals surface area contributed by atoms with E-state index >= 15 is 0 Å². The van der Waals surface area contributed by atoms with Gasteiger partial charge in [-0.3, -0.25) is 0 Å². The Morgan fingerprint density at radius 2 is 2.25 bits per heavy atom. The molecule has 0 radical (unpaired) electrons. The SMILES string of the molecule is CCOC(=O)c1csc2nc(Cl)nc(NC(C)CC)c12. The molecule has 108 valence electrons. The van der Waals surface area contributed by atoms with E-state index in [0.29, 0.717) is 28.2 Å². The van der Waals surface area contributed by atoms with Crippen LogP contribution in [0.15, 0.2) is 5.38 Å². The number of ether oxygens (including phenoxy) is 1. The van der Waals surface area contributed by atoms with E-state index in [1.54, 1.807) is 12.3 Å². The van der Waals surface area contributed by atoms with Crippen molar-refractivity contribution < 1.29 is 9.53 Å². The Hall–Kier alpha value is -1.40. The van der Waals surface area contributed by atoms with Gasteiger partial charge in [0.1, 0.15) is 10.6 Å². The highest BCUT2D eigenvalue weighted by Gasteiger charge is 2.20. The summed E-state index contributed by atoms with van der Waals surface area (Å²) in [7, 11) is 0. The van der Waals surface area contributed by atoms with Gasteiger partial charge in [-0.05, 0) is 31.9 Å². The van der Waals surface area contributed by atoms with E-state index in [4.69, 9.17) is 16.3 Å². The zero-order chi connectivity index (χ0) is 14.7. The van der Waals surface area contributed by atoms with Crippen LogP contribution in [-0.2, 0) is 4.74 Å². The van der Waals surface area contributed by atoms with Crippen LogP contribution in [0.3, 0.4) is 0 Å². The second-order valence-electron chi connectivity index (χ2n) is 4.34.